The first-order valence-electron chi connectivity index (χ1n) is 7.94. The maximum Gasteiger partial charge on any atom is 0.227 e. The fourth-order valence-electron chi connectivity index (χ4n) is 3.06. The summed E-state index contributed by atoms with van der Waals surface area (Å²) >= 11 is 0. The van der Waals surface area contributed by atoms with Crippen molar-refractivity contribution in [1.29, 1.82) is 0 Å². The third-order valence-corrected chi connectivity index (χ3v) is 4.33. The Bertz CT molecular complexity index is 479. The Morgan fingerprint density at radius 3 is 2.43 bits per heavy atom. The van der Waals surface area contributed by atoms with Crippen LogP contribution in [-0.2, 0) is 4.79 Å². The van der Waals surface area contributed by atoms with E-state index < -0.39 is 0 Å². The highest BCUT2D eigenvalue weighted by atomic mass is 16.3. The first kappa shape index (κ1) is 15.7. The predicted octanol–water partition coefficient (Wildman–Crippen LogP) is 3.43. The van der Waals surface area contributed by atoms with Crippen LogP contribution in [0.2, 0.25) is 0 Å². The molecule has 0 aliphatic heterocycles. The number of nitrogens with one attached hydrogen (secondary N) is 1. The second-order valence-electron chi connectivity index (χ2n) is 5.91. The monoisotopic (exact) mass is 291 g/mol. The lowest BCUT2D eigenvalue weighted by Crippen LogP contribution is -2.37. The van der Waals surface area contributed by atoms with Crippen LogP contribution >= 0.6 is 0 Å². The van der Waals surface area contributed by atoms with Crippen LogP contribution in [0, 0.1) is 0 Å². The molecule has 21 heavy (non-hydrogen) atoms. The van der Waals surface area contributed by atoms with Gasteiger partial charge in [-0.2, -0.15) is 0 Å². The average molecular weight is 291 g/mol. The summed E-state index contributed by atoms with van der Waals surface area (Å²) < 4.78 is 0. The standard InChI is InChI=1S/C17H25NO3/c1-2-14(12-9-10-15(19)16(20)11-12)17(21)18-13-7-5-3-4-6-8-13/h9-11,13-14,19-20H,2-8H2,1H3,(H,18,21). The molecule has 4 nitrogen and oxygen atoms in total. The van der Waals surface area contributed by atoms with Gasteiger partial charge >= 0.3 is 0 Å². The van der Waals surface area contributed by atoms with Crippen molar-refractivity contribution in [3.05, 3.63) is 23.8 Å². The van der Waals surface area contributed by atoms with Crippen LogP contribution < -0.4 is 5.32 Å². The number of carbonyl (C=O) groups excluding carboxylic acids is 1. The van der Waals surface area contributed by atoms with Gasteiger partial charge in [0, 0.05) is 6.04 Å². The van der Waals surface area contributed by atoms with E-state index in [0.29, 0.717) is 6.42 Å². The highest BCUT2D eigenvalue weighted by Crippen LogP contribution is 2.30. The second-order valence-corrected chi connectivity index (χ2v) is 5.91. The fourth-order valence-corrected chi connectivity index (χ4v) is 3.06. The molecule has 2 rings (SSSR count). The molecule has 0 bridgehead atoms. The van der Waals surface area contributed by atoms with E-state index in [1.165, 1.54) is 37.8 Å². The first-order chi connectivity index (χ1) is 10.1. The number of hydrogen-bond donors (Lipinski definition) is 3. The molecule has 1 fully saturated rings. The molecule has 0 spiro atoms. The third-order valence-electron chi connectivity index (χ3n) is 4.33. The lowest BCUT2D eigenvalue weighted by molar-refractivity contribution is -0.123. The van der Waals surface area contributed by atoms with Crippen molar-refractivity contribution in [3.8, 4) is 11.5 Å². The smallest absolute Gasteiger partial charge is 0.227 e. The minimum absolute atomic E-state index is 0.0227. The van der Waals surface area contributed by atoms with Gasteiger partial charge in [-0.05, 0) is 37.0 Å². The number of phenolic OH excluding ortho intramolecular Hbond substituents is 2. The van der Waals surface area contributed by atoms with Crippen LogP contribution in [0.3, 0.4) is 0 Å². The number of amides is 1. The highest BCUT2D eigenvalue weighted by molar-refractivity contribution is 5.84. The Labute approximate surface area is 126 Å². The van der Waals surface area contributed by atoms with Gasteiger partial charge in [-0.1, -0.05) is 38.7 Å². The first-order valence-corrected chi connectivity index (χ1v) is 7.94. The van der Waals surface area contributed by atoms with Gasteiger partial charge in [0.15, 0.2) is 11.5 Å². The summed E-state index contributed by atoms with van der Waals surface area (Å²) in [4.78, 5) is 12.5. The molecule has 0 heterocycles. The Morgan fingerprint density at radius 1 is 1.19 bits per heavy atom. The summed E-state index contributed by atoms with van der Waals surface area (Å²) in [5.41, 5.74) is 0.749. The minimum Gasteiger partial charge on any atom is -0.504 e. The zero-order chi connectivity index (χ0) is 15.2. The molecule has 1 atom stereocenters. The number of rotatable bonds is 4. The SMILES string of the molecule is CCC(C(=O)NC1CCCCCC1)c1ccc(O)c(O)c1. The summed E-state index contributed by atoms with van der Waals surface area (Å²) in [6, 6.07) is 4.90. The van der Waals surface area contributed by atoms with Crippen molar-refractivity contribution < 1.29 is 15.0 Å². The quantitative estimate of drug-likeness (QED) is 0.588. The van der Waals surface area contributed by atoms with Crippen molar-refractivity contribution in [2.24, 2.45) is 0 Å². The molecule has 3 N–H and O–H groups in total. The molecule has 1 unspecified atom stereocenters. The van der Waals surface area contributed by atoms with Gasteiger partial charge in [-0.3, -0.25) is 4.79 Å². The maximum absolute atomic E-state index is 12.5. The van der Waals surface area contributed by atoms with Gasteiger partial charge in [-0.25, -0.2) is 0 Å². The van der Waals surface area contributed by atoms with Crippen molar-refractivity contribution in [2.45, 2.75) is 63.8 Å². The number of benzene rings is 1. The van der Waals surface area contributed by atoms with E-state index in [2.05, 4.69) is 5.32 Å². The van der Waals surface area contributed by atoms with Gasteiger partial charge in [-0.15, -0.1) is 0 Å². The van der Waals surface area contributed by atoms with E-state index in [1.54, 1.807) is 6.07 Å². The topological polar surface area (TPSA) is 69.6 Å². The normalized spacial score (nSPS) is 18.0. The number of carbonyl (C=O) groups is 1. The zero-order valence-corrected chi connectivity index (χ0v) is 12.6. The van der Waals surface area contributed by atoms with E-state index in [1.807, 2.05) is 6.92 Å². The summed E-state index contributed by atoms with van der Waals surface area (Å²) in [5.74, 6) is -0.583. The maximum atomic E-state index is 12.5. The van der Waals surface area contributed by atoms with Gasteiger partial charge in [0.1, 0.15) is 0 Å². The van der Waals surface area contributed by atoms with E-state index in [4.69, 9.17) is 0 Å². The van der Waals surface area contributed by atoms with E-state index in [-0.39, 0.29) is 29.4 Å². The number of phenols is 2. The molecule has 116 valence electrons. The van der Waals surface area contributed by atoms with E-state index in [9.17, 15) is 15.0 Å². The molecular formula is C17H25NO3. The Hall–Kier alpha value is -1.71. The molecule has 0 saturated heterocycles. The number of aromatic hydroxyl groups is 2. The second kappa shape index (κ2) is 7.34. The van der Waals surface area contributed by atoms with Crippen molar-refractivity contribution in [1.82, 2.24) is 5.32 Å². The largest absolute Gasteiger partial charge is 0.504 e. The summed E-state index contributed by atoms with van der Waals surface area (Å²) in [6.45, 7) is 1.96. The lowest BCUT2D eigenvalue weighted by atomic mass is 9.94. The highest BCUT2D eigenvalue weighted by Gasteiger charge is 2.23. The Balaban J connectivity index is 2.05. The van der Waals surface area contributed by atoms with Crippen LogP contribution in [0.4, 0.5) is 0 Å². The fraction of sp³-hybridized carbons (Fsp3) is 0.588. The molecule has 1 aromatic rings. The Kier molecular flexibility index (Phi) is 5.48. The summed E-state index contributed by atoms with van der Waals surface area (Å²) in [6.07, 6.45) is 7.67. The molecule has 1 aromatic carbocycles. The summed E-state index contributed by atoms with van der Waals surface area (Å²) in [7, 11) is 0. The minimum atomic E-state index is -0.278. The van der Waals surface area contributed by atoms with E-state index in [0.717, 1.165) is 18.4 Å². The van der Waals surface area contributed by atoms with Crippen LogP contribution in [0.1, 0.15) is 63.4 Å². The zero-order valence-electron chi connectivity index (χ0n) is 12.6. The van der Waals surface area contributed by atoms with Gasteiger partial charge in [0.25, 0.3) is 0 Å². The summed E-state index contributed by atoms with van der Waals surface area (Å²) in [5, 5.41) is 22.1. The molecule has 1 aliphatic carbocycles. The van der Waals surface area contributed by atoms with Crippen molar-refractivity contribution in [2.75, 3.05) is 0 Å². The van der Waals surface area contributed by atoms with Crippen LogP contribution in [0.5, 0.6) is 11.5 Å². The predicted molar refractivity (Wildman–Crippen MR) is 82.4 cm³/mol. The van der Waals surface area contributed by atoms with Crippen LogP contribution in [0.25, 0.3) is 0 Å². The molecule has 1 saturated carbocycles. The molecule has 1 aliphatic rings. The molecule has 0 aromatic heterocycles. The van der Waals surface area contributed by atoms with Gasteiger partial charge in [0.05, 0.1) is 5.92 Å². The van der Waals surface area contributed by atoms with Gasteiger partial charge < -0.3 is 15.5 Å². The molecular weight excluding hydrogens is 266 g/mol. The van der Waals surface area contributed by atoms with Gasteiger partial charge in [0.2, 0.25) is 5.91 Å². The third kappa shape index (κ3) is 4.13. The van der Waals surface area contributed by atoms with Crippen molar-refractivity contribution in [3.63, 3.8) is 0 Å². The average Bonchev–Trinajstić information content (AvgIpc) is 2.72. The molecule has 1 amide bonds. The molecule has 4 heteroatoms. The van der Waals surface area contributed by atoms with Crippen molar-refractivity contribution >= 4 is 5.91 Å². The van der Waals surface area contributed by atoms with Crippen LogP contribution in [-0.4, -0.2) is 22.2 Å². The lowest BCUT2D eigenvalue weighted by Gasteiger charge is -2.21. The Morgan fingerprint density at radius 2 is 1.86 bits per heavy atom. The van der Waals surface area contributed by atoms with Crippen LogP contribution in [0.15, 0.2) is 18.2 Å². The number of hydrogen-bond acceptors (Lipinski definition) is 3. The molecule has 0 radical (unpaired) electrons. The van der Waals surface area contributed by atoms with E-state index >= 15 is 0 Å².